The van der Waals surface area contributed by atoms with Crippen molar-refractivity contribution in [2.75, 3.05) is 0 Å². The van der Waals surface area contributed by atoms with E-state index in [-0.39, 0.29) is 30.5 Å². The Morgan fingerprint density at radius 2 is 1.85 bits per heavy atom. The smallest absolute Gasteiger partial charge is 0.306 e. The zero-order chi connectivity index (χ0) is 7.84. The Balaban J connectivity index is 0.000000720. The van der Waals surface area contributed by atoms with Crippen molar-refractivity contribution in [1.29, 1.82) is 0 Å². The minimum atomic E-state index is -0.0637. The summed E-state index contributed by atoms with van der Waals surface area (Å²) < 4.78 is 1.59. The fraction of sp³-hybridized carbons (Fsp3) is 0.125. The van der Waals surface area contributed by atoms with Crippen LogP contribution in [-0.4, -0.2) is 9.55 Å². The number of imidazole rings is 1. The molecule has 1 aromatic carbocycles. The summed E-state index contributed by atoms with van der Waals surface area (Å²) in [6.45, 7) is 0. The van der Waals surface area contributed by atoms with Crippen LogP contribution >= 0.6 is 24.8 Å². The molecule has 0 unspecified atom stereocenters. The summed E-state index contributed by atoms with van der Waals surface area (Å²) in [4.78, 5) is 13.8. The van der Waals surface area contributed by atoms with Crippen LogP contribution in [0.2, 0.25) is 0 Å². The molecule has 0 fully saturated rings. The van der Waals surface area contributed by atoms with Gasteiger partial charge in [-0.05, 0) is 12.1 Å². The van der Waals surface area contributed by atoms with E-state index in [0.29, 0.717) is 0 Å². The number of aromatic amines is 1. The first-order chi connectivity index (χ1) is 5.29. The molecule has 5 heteroatoms. The number of nitrogens with zero attached hydrogens (tertiary/aromatic N) is 1. The predicted octanol–water partition coefficient (Wildman–Crippen LogP) is 1.71. The molecule has 1 heterocycles. The molecule has 1 N–H and O–H groups in total. The first-order valence-corrected chi connectivity index (χ1v) is 3.43. The molecule has 0 spiro atoms. The summed E-state index contributed by atoms with van der Waals surface area (Å²) in [7, 11) is 1.75. The first-order valence-electron chi connectivity index (χ1n) is 3.43. The van der Waals surface area contributed by atoms with E-state index in [4.69, 9.17) is 0 Å². The molecule has 0 amide bonds. The molecule has 72 valence electrons. The molecular formula is C8H10Cl2N2O. The van der Waals surface area contributed by atoms with Crippen LogP contribution in [0, 0.1) is 0 Å². The van der Waals surface area contributed by atoms with Crippen molar-refractivity contribution in [1.82, 2.24) is 9.55 Å². The van der Waals surface area contributed by atoms with Gasteiger partial charge in [-0.25, -0.2) is 4.79 Å². The fourth-order valence-corrected chi connectivity index (χ4v) is 1.18. The van der Waals surface area contributed by atoms with Crippen LogP contribution in [0.5, 0.6) is 0 Å². The Morgan fingerprint density at radius 1 is 1.23 bits per heavy atom. The number of H-pyrrole nitrogens is 1. The van der Waals surface area contributed by atoms with E-state index in [1.165, 1.54) is 0 Å². The molecule has 0 aliphatic rings. The van der Waals surface area contributed by atoms with E-state index in [2.05, 4.69) is 4.98 Å². The number of halogens is 2. The van der Waals surface area contributed by atoms with Crippen molar-refractivity contribution in [3.63, 3.8) is 0 Å². The van der Waals surface area contributed by atoms with Crippen LogP contribution in [0.1, 0.15) is 0 Å². The number of benzene rings is 1. The highest BCUT2D eigenvalue weighted by Gasteiger charge is 1.98. The Morgan fingerprint density at radius 3 is 2.46 bits per heavy atom. The summed E-state index contributed by atoms with van der Waals surface area (Å²) in [5.41, 5.74) is 1.77. The van der Waals surface area contributed by atoms with E-state index in [0.717, 1.165) is 11.0 Å². The predicted molar refractivity (Wildman–Crippen MR) is 58.0 cm³/mol. The van der Waals surface area contributed by atoms with Crippen molar-refractivity contribution in [2.45, 2.75) is 0 Å². The lowest BCUT2D eigenvalue weighted by molar-refractivity contribution is 0.891. The maximum Gasteiger partial charge on any atom is 0.326 e. The van der Waals surface area contributed by atoms with Crippen LogP contribution in [0.3, 0.4) is 0 Å². The molecule has 13 heavy (non-hydrogen) atoms. The van der Waals surface area contributed by atoms with Gasteiger partial charge in [0.15, 0.2) is 0 Å². The highest BCUT2D eigenvalue weighted by Crippen LogP contribution is 2.06. The van der Waals surface area contributed by atoms with Gasteiger partial charge in [-0.15, -0.1) is 24.8 Å². The van der Waals surface area contributed by atoms with E-state index >= 15 is 0 Å². The molecule has 2 aromatic rings. The van der Waals surface area contributed by atoms with Gasteiger partial charge < -0.3 is 4.98 Å². The van der Waals surface area contributed by atoms with Gasteiger partial charge in [-0.3, -0.25) is 4.57 Å². The van der Waals surface area contributed by atoms with Crippen molar-refractivity contribution in [3.8, 4) is 0 Å². The van der Waals surface area contributed by atoms with Crippen molar-refractivity contribution in [2.24, 2.45) is 7.05 Å². The zero-order valence-electron chi connectivity index (χ0n) is 6.98. The Labute approximate surface area is 87.6 Å². The Hall–Kier alpha value is -0.930. The molecule has 0 aliphatic carbocycles. The summed E-state index contributed by atoms with van der Waals surface area (Å²) in [6, 6.07) is 7.61. The van der Waals surface area contributed by atoms with E-state index < -0.39 is 0 Å². The lowest BCUT2D eigenvalue weighted by Gasteiger charge is -1.89. The number of hydrogen-bond donors (Lipinski definition) is 1. The minimum Gasteiger partial charge on any atom is -0.306 e. The fourth-order valence-electron chi connectivity index (χ4n) is 1.18. The van der Waals surface area contributed by atoms with Gasteiger partial charge in [0.1, 0.15) is 0 Å². The number of rotatable bonds is 0. The van der Waals surface area contributed by atoms with Gasteiger partial charge in [0.05, 0.1) is 11.0 Å². The molecule has 0 radical (unpaired) electrons. The summed E-state index contributed by atoms with van der Waals surface area (Å²) >= 11 is 0. The second-order valence-corrected chi connectivity index (χ2v) is 2.51. The third kappa shape index (κ3) is 1.87. The Bertz CT molecular complexity index is 447. The van der Waals surface area contributed by atoms with Crippen LogP contribution < -0.4 is 5.69 Å². The average molecular weight is 221 g/mol. The monoisotopic (exact) mass is 220 g/mol. The third-order valence-corrected chi connectivity index (χ3v) is 1.81. The van der Waals surface area contributed by atoms with Gasteiger partial charge >= 0.3 is 5.69 Å². The number of fused-ring (bicyclic) bond motifs is 1. The van der Waals surface area contributed by atoms with Gasteiger partial charge in [0.25, 0.3) is 0 Å². The number of nitrogens with one attached hydrogen (secondary N) is 1. The van der Waals surface area contributed by atoms with Gasteiger partial charge in [-0.2, -0.15) is 0 Å². The van der Waals surface area contributed by atoms with Crippen molar-refractivity contribution in [3.05, 3.63) is 34.7 Å². The largest absolute Gasteiger partial charge is 0.326 e. The van der Waals surface area contributed by atoms with Gasteiger partial charge in [-0.1, -0.05) is 12.1 Å². The zero-order valence-corrected chi connectivity index (χ0v) is 8.61. The van der Waals surface area contributed by atoms with E-state index in [9.17, 15) is 4.79 Å². The van der Waals surface area contributed by atoms with Crippen LogP contribution in [0.4, 0.5) is 0 Å². The lowest BCUT2D eigenvalue weighted by atomic mass is 10.3. The highest BCUT2D eigenvalue weighted by atomic mass is 35.5. The van der Waals surface area contributed by atoms with Gasteiger partial charge in [0.2, 0.25) is 0 Å². The molecule has 0 saturated heterocycles. The van der Waals surface area contributed by atoms with Crippen LogP contribution in [-0.2, 0) is 7.05 Å². The Kier molecular flexibility index (Phi) is 4.04. The van der Waals surface area contributed by atoms with Gasteiger partial charge in [0, 0.05) is 7.05 Å². The second kappa shape index (κ2) is 4.35. The topological polar surface area (TPSA) is 37.8 Å². The maximum atomic E-state index is 11.0. The van der Waals surface area contributed by atoms with E-state index in [1.807, 2.05) is 24.3 Å². The normalized spacial score (nSPS) is 9.00. The summed E-state index contributed by atoms with van der Waals surface area (Å²) in [5, 5.41) is 0. The number of aromatic nitrogens is 2. The molecule has 3 nitrogen and oxygen atoms in total. The highest BCUT2D eigenvalue weighted by molar-refractivity contribution is 5.85. The third-order valence-electron chi connectivity index (χ3n) is 1.81. The molecule has 0 aliphatic heterocycles. The molecular weight excluding hydrogens is 211 g/mol. The lowest BCUT2D eigenvalue weighted by Crippen LogP contribution is -2.11. The molecule has 2 rings (SSSR count). The number of para-hydroxylation sites is 2. The SMILES string of the molecule is Cl.Cl.Cn1c(=O)[nH]c2ccccc21. The summed E-state index contributed by atoms with van der Waals surface area (Å²) in [6.07, 6.45) is 0. The number of aryl methyl sites for hydroxylation is 1. The standard InChI is InChI=1S/C8H8N2O.2ClH/c1-10-7-5-3-2-4-6(7)9-8(10)11;;/h2-5H,1H3,(H,9,11);2*1H. The first kappa shape index (κ1) is 12.1. The van der Waals surface area contributed by atoms with Crippen molar-refractivity contribution < 1.29 is 0 Å². The maximum absolute atomic E-state index is 11.0. The summed E-state index contributed by atoms with van der Waals surface area (Å²) in [5.74, 6) is 0. The van der Waals surface area contributed by atoms with Crippen molar-refractivity contribution >= 4 is 35.8 Å². The second-order valence-electron chi connectivity index (χ2n) is 2.51. The molecule has 0 atom stereocenters. The quantitative estimate of drug-likeness (QED) is 0.722. The average Bonchev–Trinajstić information content (AvgIpc) is 2.30. The molecule has 0 saturated carbocycles. The van der Waals surface area contributed by atoms with Crippen LogP contribution in [0.15, 0.2) is 29.1 Å². The molecule has 0 bridgehead atoms. The number of hydrogen-bond acceptors (Lipinski definition) is 1. The van der Waals surface area contributed by atoms with Crippen LogP contribution in [0.25, 0.3) is 11.0 Å². The van der Waals surface area contributed by atoms with E-state index in [1.54, 1.807) is 11.6 Å². The minimum absolute atomic E-state index is 0. The molecule has 1 aromatic heterocycles.